The van der Waals surface area contributed by atoms with Gasteiger partial charge in [0, 0.05) is 0 Å². The number of rotatable bonds is 6. The number of hydrogen-bond donors (Lipinski definition) is 0. The molecule has 0 saturated heterocycles. The third kappa shape index (κ3) is 5.27. The highest BCUT2D eigenvalue weighted by atomic mass is 32.2. The minimum atomic E-state index is -3.79. The van der Waals surface area contributed by atoms with E-state index in [0.29, 0.717) is 22.7 Å². The van der Waals surface area contributed by atoms with Crippen LogP contribution in [0, 0.1) is 13.8 Å². The lowest BCUT2D eigenvalue weighted by molar-refractivity contribution is 0.596. The number of nitrogens with zero attached hydrogens (tertiary/aromatic N) is 4. The molecule has 0 aliphatic rings. The van der Waals surface area contributed by atoms with Gasteiger partial charge in [0.25, 0.3) is 0 Å². The summed E-state index contributed by atoms with van der Waals surface area (Å²) in [6.45, 7) is 3.73. The van der Waals surface area contributed by atoms with Gasteiger partial charge < -0.3 is 0 Å². The van der Waals surface area contributed by atoms with Crippen molar-refractivity contribution in [2.45, 2.75) is 23.6 Å². The molecule has 0 atom stereocenters. The van der Waals surface area contributed by atoms with Gasteiger partial charge in [-0.2, -0.15) is 20.5 Å². The summed E-state index contributed by atoms with van der Waals surface area (Å²) in [6, 6.07) is 28.3. The van der Waals surface area contributed by atoms with E-state index < -0.39 is 9.84 Å². The Labute approximate surface area is 193 Å². The van der Waals surface area contributed by atoms with Crippen LogP contribution in [0.4, 0.5) is 22.7 Å². The van der Waals surface area contributed by atoms with Crippen LogP contribution in [0.1, 0.15) is 11.1 Å². The molecule has 0 heterocycles. The highest BCUT2D eigenvalue weighted by Gasteiger charge is 2.20. The molecule has 164 valence electrons. The van der Waals surface area contributed by atoms with Crippen molar-refractivity contribution in [2.24, 2.45) is 20.5 Å². The fraction of sp³-hybridized carbons (Fsp3) is 0.0769. The molecule has 0 fully saturated rings. The van der Waals surface area contributed by atoms with E-state index in [1.165, 1.54) is 0 Å². The van der Waals surface area contributed by atoms with Gasteiger partial charge in [0.15, 0.2) is 0 Å². The van der Waals surface area contributed by atoms with E-state index in [1.807, 2.05) is 74.5 Å². The number of azo groups is 2. The van der Waals surface area contributed by atoms with Gasteiger partial charge in [0.2, 0.25) is 9.84 Å². The van der Waals surface area contributed by atoms with Crippen LogP contribution >= 0.6 is 0 Å². The maximum atomic E-state index is 13.4. The monoisotopic (exact) mass is 454 g/mol. The summed E-state index contributed by atoms with van der Waals surface area (Å²) in [5.41, 5.74) is 4.03. The third-order valence-corrected chi connectivity index (χ3v) is 6.79. The first-order valence-corrected chi connectivity index (χ1v) is 11.8. The molecule has 0 amide bonds. The SMILES string of the molecule is Cc1ccc(S(=O)(=O)c2ccc(C)c(N=Nc3ccccc3)c2)cc1N=Nc1ccccc1. The van der Waals surface area contributed by atoms with Crippen LogP contribution in [-0.2, 0) is 9.84 Å². The van der Waals surface area contributed by atoms with Crippen LogP contribution in [0.15, 0.2) is 127 Å². The van der Waals surface area contributed by atoms with Gasteiger partial charge in [-0.05, 0) is 73.5 Å². The number of benzene rings is 4. The van der Waals surface area contributed by atoms with Gasteiger partial charge in [0.05, 0.1) is 32.5 Å². The lowest BCUT2D eigenvalue weighted by Gasteiger charge is -2.09. The predicted octanol–water partition coefficient (Wildman–Crippen LogP) is 7.97. The molecule has 0 spiro atoms. The van der Waals surface area contributed by atoms with Gasteiger partial charge >= 0.3 is 0 Å². The Bertz CT molecular complexity index is 1330. The molecule has 0 aliphatic heterocycles. The van der Waals surface area contributed by atoms with E-state index in [4.69, 9.17) is 0 Å². The fourth-order valence-electron chi connectivity index (χ4n) is 3.08. The quantitative estimate of drug-likeness (QED) is 0.277. The van der Waals surface area contributed by atoms with Gasteiger partial charge in [0.1, 0.15) is 0 Å². The summed E-state index contributed by atoms with van der Waals surface area (Å²) in [5.74, 6) is 0. The Hall–Kier alpha value is -3.97. The Morgan fingerprint density at radius 2 is 0.909 bits per heavy atom. The molecule has 0 aromatic heterocycles. The molecule has 7 heteroatoms. The molecule has 0 bridgehead atoms. The summed E-state index contributed by atoms with van der Waals surface area (Å²) >= 11 is 0. The van der Waals surface area contributed by atoms with E-state index in [0.717, 1.165) is 11.1 Å². The summed E-state index contributed by atoms with van der Waals surface area (Å²) in [5, 5.41) is 17.0. The standard InChI is InChI=1S/C26H22N4O2S/c1-19-13-15-23(17-25(19)29-27-21-9-5-3-6-10-21)33(31,32)24-16-14-20(2)26(18-24)30-28-22-11-7-4-8-12-22/h3-18H,1-2H3. The van der Waals surface area contributed by atoms with Crippen molar-refractivity contribution in [3.05, 3.63) is 108 Å². The molecule has 0 aliphatic carbocycles. The second kappa shape index (κ2) is 9.67. The molecular formula is C26H22N4O2S. The minimum absolute atomic E-state index is 0.143. The summed E-state index contributed by atoms with van der Waals surface area (Å²) in [6.07, 6.45) is 0. The average molecular weight is 455 g/mol. The van der Waals surface area contributed by atoms with E-state index in [1.54, 1.807) is 36.4 Å². The van der Waals surface area contributed by atoms with Crippen LogP contribution in [-0.4, -0.2) is 8.42 Å². The Balaban J connectivity index is 1.67. The zero-order valence-corrected chi connectivity index (χ0v) is 19.1. The molecule has 33 heavy (non-hydrogen) atoms. The largest absolute Gasteiger partial charge is 0.219 e. The van der Waals surface area contributed by atoms with E-state index >= 15 is 0 Å². The van der Waals surface area contributed by atoms with Crippen molar-refractivity contribution in [1.29, 1.82) is 0 Å². The molecule has 0 unspecified atom stereocenters. The predicted molar refractivity (Wildman–Crippen MR) is 129 cm³/mol. The maximum Gasteiger partial charge on any atom is 0.206 e. The van der Waals surface area contributed by atoms with Crippen LogP contribution in [0.25, 0.3) is 0 Å². The van der Waals surface area contributed by atoms with Crippen LogP contribution in [0.3, 0.4) is 0 Å². The fourth-order valence-corrected chi connectivity index (χ4v) is 4.38. The van der Waals surface area contributed by atoms with Crippen molar-refractivity contribution in [3.63, 3.8) is 0 Å². The van der Waals surface area contributed by atoms with E-state index in [-0.39, 0.29) is 9.79 Å². The van der Waals surface area contributed by atoms with Crippen LogP contribution < -0.4 is 0 Å². The third-order valence-electron chi connectivity index (χ3n) is 5.04. The lowest BCUT2D eigenvalue weighted by atomic mass is 10.2. The second-order valence-corrected chi connectivity index (χ2v) is 9.42. The Morgan fingerprint density at radius 1 is 0.515 bits per heavy atom. The van der Waals surface area contributed by atoms with Gasteiger partial charge in [-0.1, -0.05) is 48.5 Å². The smallest absolute Gasteiger partial charge is 0.206 e. The highest BCUT2D eigenvalue weighted by Crippen LogP contribution is 2.31. The molecule has 0 N–H and O–H groups in total. The molecular weight excluding hydrogens is 432 g/mol. The first-order chi connectivity index (χ1) is 15.9. The van der Waals surface area contributed by atoms with Crippen molar-refractivity contribution in [1.82, 2.24) is 0 Å². The number of aryl methyl sites for hydroxylation is 2. The maximum absolute atomic E-state index is 13.4. The number of hydrogen-bond acceptors (Lipinski definition) is 6. The first kappa shape index (κ1) is 22.2. The first-order valence-electron chi connectivity index (χ1n) is 10.3. The summed E-state index contributed by atoms with van der Waals surface area (Å²) in [7, 11) is -3.79. The second-order valence-electron chi connectivity index (χ2n) is 7.47. The number of sulfone groups is 1. The van der Waals surface area contributed by atoms with Crippen LogP contribution in [0.5, 0.6) is 0 Å². The van der Waals surface area contributed by atoms with Crippen molar-refractivity contribution in [2.75, 3.05) is 0 Å². The summed E-state index contributed by atoms with van der Waals surface area (Å²) < 4.78 is 26.7. The molecule has 4 aromatic rings. The van der Waals surface area contributed by atoms with Crippen molar-refractivity contribution >= 4 is 32.6 Å². The molecule has 4 aromatic carbocycles. The topological polar surface area (TPSA) is 83.6 Å². The zero-order chi connectivity index (χ0) is 23.3. The van der Waals surface area contributed by atoms with Gasteiger partial charge in [-0.3, -0.25) is 0 Å². The van der Waals surface area contributed by atoms with Crippen molar-refractivity contribution in [3.8, 4) is 0 Å². The summed E-state index contributed by atoms with van der Waals surface area (Å²) in [4.78, 5) is 0.287. The Kier molecular flexibility index (Phi) is 6.51. The molecule has 6 nitrogen and oxygen atoms in total. The van der Waals surface area contributed by atoms with E-state index in [2.05, 4.69) is 20.5 Å². The Morgan fingerprint density at radius 3 is 1.30 bits per heavy atom. The highest BCUT2D eigenvalue weighted by molar-refractivity contribution is 7.91. The molecule has 4 rings (SSSR count). The van der Waals surface area contributed by atoms with Crippen LogP contribution in [0.2, 0.25) is 0 Å². The van der Waals surface area contributed by atoms with Gasteiger partial charge in [-0.15, -0.1) is 0 Å². The van der Waals surface area contributed by atoms with Gasteiger partial charge in [-0.25, -0.2) is 8.42 Å². The average Bonchev–Trinajstić information content (AvgIpc) is 2.84. The van der Waals surface area contributed by atoms with E-state index in [9.17, 15) is 8.42 Å². The van der Waals surface area contributed by atoms with Crippen molar-refractivity contribution < 1.29 is 8.42 Å². The minimum Gasteiger partial charge on any atom is -0.219 e. The normalized spacial score (nSPS) is 11.9. The lowest BCUT2D eigenvalue weighted by Crippen LogP contribution is -2.02. The zero-order valence-electron chi connectivity index (χ0n) is 18.3. The molecule has 0 radical (unpaired) electrons. The molecule has 0 saturated carbocycles.